The number of nitrogens with zero attached hydrogens (tertiary/aromatic N) is 2. The Hall–Kier alpha value is -3.54. The normalized spacial score (nSPS) is 13.2. The number of fused-ring (bicyclic) bond motifs is 2. The lowest BCUT2D eigenvalue weighted by Crippen LogP contribution is -2.24. The van der Waals surface area contributed by atoms with E-state index >= 15 is 0 Å². The van der Waals surface area contributed by atoms with Crippen LogP contribution >= 0.6 is 0 Å². The highest BCUT2D eigenvalue weighted by atomic mass is 16.5. The highest BCUT2D eigenvalue weighted by Gasteiger charge is 2.33. The molecule has 3 aromatic rings. The van der Waals surface area contributed by atoms with E-state index in [1.165, 1.54) is 25.2 Å². The molecule has 1 aliphatic heterocycles. The van der Waals surface area contributed by atoms with Crippen LogP contribution in [0, 0.1) is 0 Å². The lowest BCUT2D eigenvalue weighted by molar-refractivity contribution is 0.0691. The van der Waals surface area contributed by atoms with Crippen LogP contribution in [0.25, 0.3) is 10.9 Å². The second-order valence-electron chi connectivity index (χ2n) is 5.65. The minimum absolute atomic E-state index is 0.197. The SMILES string of the molecule is CN1C(=O)c2ccc(C(=O)Oc3cccc4cccnc34)cc2C1=O. The highest BCUT2D eigenvalue weighted by Crippen LogP contribution is 2.26. The van der Waals surface area contributed by atoms with Crippen molar-refractivity contribution in [2.75, 3.05) is 7.05 Å². The van der Waals surface area contributed by atoms with E-state index in [0.717, 1.165) is 10.3 Å². The van der Waals surface area contributed by atoms with Crippen molar-refractivity contribution in [2.45, 2.75) is 0 Å². The van der Waals surface area contributed by atoms with Crippen LogP contribution in [0.5, 0.6) is 5.75 Å². The van der Waals surface area contributed by atoms with Crippen molar-refractivity contribution in [3.63, 3.8) is 0 Å². The molecule has 0 atom stereocenters. The van der Waals surface area contributed by atoms with E-state index < -0.39 is 11.9 Å². The quantitative estimate of drug-likeness (QED) is 0.410. The fourth-order valence-corrected chi connectivity index (χ4v) is 2.81. The monoisotopic (exact) mass is 332 g/mol. The van der Waals surface area contributed by atoms with Gasteiger partial charge >= 0.3 is 5.97 Å². The third kappa shape index (κ3) is 2.35. The van der Waals surface area contributed by atoms with Crippen LogP contribution in [0.4, 0.5) is 0 Å². The fraction of sp³-hybridized carbons (Fsp3) is 0.0526. The number of rotatable bonds is 2. The van der Waals surface area contributed by atoms with Gasteiger partial charge in [-0.1, -0.05) is 18.2 Å². The van der Waals surface area contributed by atoms with E-state index in [9.17, 15) is 14.4 Å². The van der Waals surface area contributed by atoms with Crippen LogP contribution in [0.1, 0.15) is 31.1 Å². The average Bonchev–Trinajstić information content (AvgIpc) is 2.86. The van der Waals surface area contributed by atoms with Crippen molar-refractivity contribution in [3.8, 4) is 5.75 Å². The maximum absolute atomic E-state index is 12.5. The van der Waals surface area contributed by atoms with Gasteiger partial charge in [-0.05, 0) is 30.3 Å². The zero-order valence-corrected chi connectivity index (χ0v) is 13.2. The molecule has 0 saturated heterocycles. The summed E-state index contributed by atoms with van der Waals surface area (Å²) >= 11 is 0. The number of hydrogen-bond acceptors (Lipinski definition) is 5. The zero-order chi connectivity index (χ0) is 17.6. The first kappa shape index (κ1) is 15.0. The van der Waals surface area contributed by atoms with Crippen LogP contribution in [-0.2, 0) is 0 Å². The van der Waals surface area contributed by atoms with Crippen molar-refractivity contribution in [1.29, 1.82) is 0 Å². The van der Waals surface area contributed by atoms with Crippen LogP contribution in [0.3, 0.4) is 0 Å². The van der Waals surface area contributed by atoms with Crippen LogP contribution in [0.2, 0.25) is 0 Å². The number of esters is 1. The number of hydrogen-bond donors (Lipinski definition) is 0. The van der Waals surface area contributed by atoms with E-state index in [1.807, 2.05) is 12.1 Å². The van der Waals surface area contributed by atoms with Gasteiger partial charge in [-0.3, -0.25) is 19.5 Å². The van der Waals surface area contributed by atoms with Crippen LogP contribution in [-0.4, -0.2) is 34.7 Å². The van der Waals surface area contributed by atoms with E-state index in [0.29, 0.717) is 11.3 Å². The summed E-state index contributed by atoms with van der Waals surface area (Å²) in [5.74, 6) is -1.08. The predicted octanol–water partition coefficient (Wildman–Crippen LogP) is 2.68. The Balaban J connectivity index is 1.69. The molecule has 6 heteroatoms. The summed E-state index contributed by atoms with van der Waals surface area (Å²) in [4.78, 5) is 41.7. The molecule has 2 heterocycles. The number of benzene rings is 2. The minimum Gasteiger partial charge on any atom is -0.421 e. The third-order valence-corrected chi connectivity index (χ3v) is 4.12. The molecule has 25 heavy (non-hydrogen) atoms. The number of imide groups is 1. The van der Waals surface area contributed by atoms with E-state index in [-0.39, 0.29) is 22.6 Å². The first-order valence-corrected chi connectivity index (χ1v) is 7.58. The number of para-hydroxylation sites is 1. The summed E-state index contributed by atoms with van der Waals surface area (Å²) in [5.41, 5.74) is 1.27. The largest absolute Gasteiger partial charge is 0.421 e. The van der Waals surface area contributed by atoms with Gasteiger partial charge in [0.05, 0.1) is 16.7 Å². The summed E-state index contributed by atoms with van der Waals surface area (Å²) < 4.78 is 5.45. The minimum atomic E-state index is -0.615. The Morgan fingerprint density at radius 1 is 1.00 bits per heavy atom. The summed E-state index contributed by atoms with van der Waals surface area (Å²) in [5, 5.41) is 0.851. The van der Waals surface area contributed by atoms with Crippen molar-refractivity contribution >= 4 is 28.7 Å². The van der Waals surface area contributed by atoms with Crippen molar-refractivity contribution in [3.05, 3.63) is 71.4 Å². The first-order valence-electron chi connectivity index (χ1n) is 7.58. The lowest BCUT2D eigenvalue weighted by Gasteiger charge is -2.07. The van der Waals surface area contributed by atoms with Gasteiger partial charge in [-0.15, -0.1) is 0 Å². The maximum Gasteiger partial charge on any atom is 0.343 e. The molecule has 6 nitrogen and oxygen atoms in total. The van der Waals surface area contributed by atoms with E-state index in [2.05, 4.69) is 4.98 Å². The summed E-state index contributed by atoms with van der Waals surface area (Å²) in [6.07, 6.45) is 1.62. The molecule has 4 rings (SSSR count). The maximum atomic E-state index is 12.5. The molecule has 0 spiro atoms. The van der Waals surface area contributed by atoms with Crippen LogP contribution in [0.15, 0.2) is 54.7 Å². The fourth-order valence-electron chi connectivity index (χ4n) is 2.81. The van der Waals surface area contributed by atoms with Gasteiger partial charge in [-0.25, -0.2) is 4.79 Å². The Labute approximate surface area is 142 Å². The second-order valence-corrected chi connectivity index (χ2v) is 5.65. The summed E-state index contributed by atoms with van der Waals surface area (Å²) in [6.45, 7) is 0. The number of carbonyl (C=O) groups excluding carboxylic acids is 3. The number of carbonyl (C=O) groups is 3. The molecule has 0 N–H and O–H groups in total. The first-order chi connectivity index (χ1) is 12.1. The van der Waals surface area contributed by atoms with Gasteiger partial charge in [-0.2, -0.15) is 0 Å². The van der Waals surface area contributed by atoms with Gasteiger partial charge in [0, 0.05) is 18.6 Å². The Bertz CT molecular complexity index is 1050. The molecule has 0 unspecified atom stereocenters. The predicted molar refractivity (Wildman–Crippen MR) is 89.6 cm³/mol. The molecule has 122 valence electrons. The average molecular weight is 332 g/mol. The van der Waals surface area contributed by atoms with Crippen molar-refractivity contribution in [2.24, 2.45) is 0 Å². The van der Waals surface area contributed by atoms with Gasteiger partial charge < -0.3 is 4.74 Å². The Kier molecular flexibility index (Phi) is 3.32. The topological polar surface area (TPSA) is 76.6 Å². The Morgan fingerprint density at radius 2 is 1.76 bits per heavy atom. The Morgan fingerprint density at radius 3 is 2.60 bits per heavy atom. The molecule has 2 amide bonds. The zero-order valence-electron chi connectivity index (χ0n) is 13.2. The number of aromatic nitrogens is 1. The van der Waals surface area contributed by atoms with E-state index in [1.54, 1.807) is 24.4 Å². The standard InChI is InChI=1S/C19H12N2O4/c1-21-17(22)13-8-7-12(10-14(13)18(21)23)19(24)25-15-6-2-4-11-5-3-9-20-16(11)15/h2-10H,1H3. The molecule has 2 aromatic carbocycles. The van der Waals surface area contributed by atoms with Crippen molar-refractivity contribution < 1.29 is 19.1 Å². The van der Waals surface area contributed by atoms with Gasteiger partial charge in [0.1, 0.15) is 5.52 Å². The molecule has 0 radical (unpaired) electrons. The molecule has 0 fully saturated rings. The van der Waals surface area contributed by atoms with Gasteiger partial charge in [0.2, 0.25) is 0 Å². The van der Waals surface area contributed by atoms with Crippen LogP contribution < -0.4 is 4.74 Å². The third-order valence-electron chi connectivity index (χ3n) is 4.12. The molecule has 0 bridgehead atoms. The number of pyridine rings is 1. The lowest BCUT2D eigenvalue weighted by atomic mass is 10.1. The molecule has 0 saturated carbocycles. The second kappa shape index (κ2) is 5.52. The number of amides is 2. The summed E-state index contributed by atoms with van der Waals surface area (Å²) in [7, 11) is 1.41. The molecular weight excluding hydrogens is 320 g/mol. The molecular formula is C19H12N2O4. The number of ether oxygens (including phenoxy) is 1. The van der Waals surface area contributed by atoms with Crippen molar-refractivity contribution in [1.82, 2.24) is 9.88 Å². The molecule has 1 aromatic heterocycles. The molecule has 1 aliphatic rings. The summed E-state index contributed by atoms with van der Waals surface area (Å²) in [6, 6.07) is 13.3. The van der Waals surface area contributed by atoms with E-state index in [4.69, 9.17) is 4.74 Å². The smallest absolute Gasteiger partial charge is 0.343 e. The van der Waals surface area contributed by atoms with Gasteiger partial charge in [0.15, 0.2) is 5.75 Å². The highest BCUT2D eigenvalue weighted by molar-refractivity contribution is 6.21. The van der Waals surface area contributed by atoms with Gasteiger partial charge in [0.25, 0.3) is 11.8 Å². The molecule has 0 aliphatic carbocycles.